The molecule has 1 aromatic rings. The number of fused-ring (bicyclic) bond motifs is 2. The number of esters is 1. The Morgan fingerprint density at radius 2 is 2.00 bits per heavy atom. The van der Waals surface area contributed by atoms with Gasteiger partial charge < -0.3 is 4.74 Å². The molecule has 1 aliphatic carbocycles. The van der Waals surface area contributed by atoms with Gasteiger partial charge in [-0.25, -0.2) is 0 Å². The molecule has 20 heavy (non-hydrogen) atoms. The number of thioether (sulfide) groups is 1. The van der Waals surface area contributed by atoms with Crippen LogP contribution >= 0.6 is 11.8 Å². The molecule has 3 atom stereocenters. The number of Topliss-reactive ketones (excluding diaryl/α,β-unsaturated/α-hetero) is 1. The fourth-order valence-electron chi connectivity index (χ4n) is 3.27. The summed E-state index contributed by atoms with van der Waals surface area (Å²) in [4.78, 5) is 25.1. The third-order valence-electron chi connectivity index (χ3n) is 4.18. The monoisotopic (exact) mass is 290 g/mol. The fourth-order valence-corrected chi connectivity index (χ4v) is 4.66. The minimum Gasteiger partial charge on any atom is -0.451 e. The van der Waals surface area contributed by atoms with Gasteiger partial charge in [0.1, 0.15) is 0 Å². The maximum absolute atomic E-state index is 12.7. The zero-order chi connectivity index (χ0) is 14.1. The van der Waals surface area contributed by atoms with E-state index in [4.69, 9.17) is 4.74 Å². The zero-order valence-electron chi connectivity index (χ0n) is 11.5. The summed E-state index contributed by atoms with van der Waals surface area (Å²) in [5, 5.41) is 0. The van der Waals surface area contributed by atoms with Crippen molar-refractivity contribution in [2.45, 2.75) is 42.9 Å². The van der Waals surface area contributed by atoms with E-state index in [0.29, 0.717) is 0 Å². The lowest BCUT2D eigenvalue weighted by Crippen LogP contribution is -2.34. The highest BCUT2D eigenvalue weighted by atomic mass is 32.2. The highest BCUT2D eigenvalue weighted by Crippen LogP contribution is 2.45. The van der Waals surface area contributed by atoms with E-state index in [1.165, 1.54) is 18.7 Å². The number of carbonyl (C=O) groups excluding carboxylic acids is 2. The number of hydrogen-bond acceptors (Lipinski definition) is 4. The van der Waals surface area contributed by atoms with Crippen molar-refractivity contribution in [3.63, 3.8) is 0 Å². The van der Waals surface area contributed by atoms with Gasteiger partial charge in [-0.15, -0.1) is 0 Å². The lowest BCUT2D eigenvalue weighted by Gasteiger charge is -2.33. The van der Waals surface area contributed by atoms with Crippen LogP contribution < -0.4 is 0 Å². The van der Waals surface area contributed by atoms with E-state index in [1.807, 2.05) is 24.3 Å². The zero-order valence-corrected chi connectivity index (χ0v) is 12.3. The van der Waals surface area contributed by atoms with E-state index in [-0.39, 0.29) is 29.0 Å². The van der Waals surface area contributed by atoms with E-state index in [9.17, 15) is 9.59 Å². The molecule has 1 heterocycles. The van der Waals surface area contributed by atoms with Crippen LogP contribution in [0.4, 0.5) is 0 Å². The molecule has 0 bridgehead atoms. The number of rotatable bonds is 1. The van der Waals surface area contributed by atoms with Crippen molar-refractivity contribution >= 4 is 23.5 Å². The van der Waals surface area contributed by atoms with Crippen molar-refractivity contribution in [2.24, 2.45) is 11.8 Å². The standard InChI is InChI=1S/C16H18O3S/c1-10(17)19-16-12-7-3-2-6-11(12)15(18)13-8-4-5-9-14(13)20-16/h4-5,8-9,11-12,16H,2-3,6-7H2,1H3/t11-,12-,16-/m1/s1. The second-order valence-corrected chi connectivity index (χ2v) is 6.65. The molecule has 4 heteroatoms. The molecule has 2 aliphatic rings. The molecule has 0 amide bonds. The Morgan fingerprint density at radius 1 is 1.25 bits per heavy atom. The highest BCUT2D eigenvalue weighted by Gasteiger charge is 2.42. The Labute approximate surface area is 123 Å². The topological polar surface area (TPSA) is 43.4 Å². The summed E-state index contributed by atoms with van der Waals surface area (Å²) in [7, 11) is 0. The molecule has 0 unspecified atom stereocenters. The van der Waals surface area contributed by atoms with Crippen molar-refractivity contribution in [3.05, 3.63) is 29.8 Å². The number of ketones is 1. The largest absolute Gasteiger partial charge is 0.451 e. The fraction of sp³-hybridized carbons (Fsp3) is 0.500. The Morgan fingerprint density at radius 3 is 2.80 bits per heavy atom. The second-order valence-electron chi connectivity index (χ2n) is 5.51. The minimum absolute atomic E-state index is 0.00394. The third kappa shape index (κ3) is 2.49. The highest BCUT2D eigenvalue weighted by molar-refractivity contribution is 8.00. The number of carbonyl (C=O) groups is 2. The first kappa shape index (κ1) is 13.7. The summed E-state index contributed by atoms with van der Waals surface area (Å²) in [5.74, 6) is 0.118. The summed E-state index contributed by atoms with van der Waals surface area (Å²) in [6.45, 7) is 1.44. The maximum atomic E-state index is 12.7. The first-order valence-electron chi connectivity index (χ1n) is 7.14. The quantitative estimate of drug-likeness (QED) is 0.740. The van der Waals surface area contributed by atoms with Crippen LogP contribution in [0.3, 0.4) is 0 Å². The van der Waals surface area contributed by atoms with Crippen molar-refractivity contribution in [1.82, 2.24) is 0 Å². The van der Waals surface area contributed by atoms with Gasteiger partial charge in [-0.3, -0.25) is 9.59 Å². The Hall–Kier alpha value is -1.29. The van der Waals surface area contributed by atoms with Gasteiger partial charge in [0.25, 0.3) is 0 Å². The van der Waals surface area contributed by atoms with Gasteiger partial charge in [-0.05, 0) is 18.9 Å². The molecule has 0 aromatic heterocycles. The molecule has 0 N–H and O–H groups in total. The van der Waals surface area contributed by atoms with Crippen LogP contribution in [0, 0.1) is 11.8 Å². The normalized spacial score (nSPS) is 29.1. The van der Waals surface area contributed by atoms with Crippen LogP contribution in [-0.4, -0.2) is 17.2 Å². The van der Waals surface area contributed by atoms with Crippen LogP contribution in [0.15, 0.2) is 29.2 Å². The van der Waals surface area contributed by atoms with Gasteiger partial charge in [0.15, 0.2) is 11.2 Å². The molecule has 0 radical (unpaired) electrons. The molecule has 0 spiro atoms. The van der Waals surface area contributed by atoms with E-state index in [1.54, 1.807) is 0 Å². The van der Waals surface area contributed by atoms with Crippen LogP contribution in [0.1, 0.15) is 43.0 Å². The minimum atomic E-state index is -0.265. The van der Waals surface area contributed by atoms with E-state index < -0.39 is 0 Å². The van der Waals surface area contributed by atoms with Gasteiger partial charge in [-0.1, -0.05) is 42.8 Å². The first-order valence-corrected chi connectivity index (χ1v) is 8.02. The summed E-state index contributed by atoms with van der Waals surface area (Å²) in [6, 6.07) is 7.68. The Balaban J connectivity index is 2.01. The third-order valence-corrected chi connectivity index (χ3v) is 5.47. The average Bonchev–Trinajstić information content (AvgIpc) is 2.56. The van der Waals surface area contributed by atoms with Crippen molar-refractivity contribution < 1.29 is 14.3 Å². The van der Waals surface area contributed by atoms with Crippen LogP contribution in [0.5, 0.6) is 0 Å². The van der Waals surface area contributed by atoms with Crippen molar-refractivity contribution in [3.8, 4) is 0 Å². The van der Waals surface area contributed by atoms with Gasteiger partial charge in [-0.2, -0.15) is 0 Å². The summed E-state index contributed by atoms with van der Waals surface area (Å²) < 4.78 is 5.52. The SMILES string of the molecule is CC(=O)O[C@@H]1Sc2ccccc2C(=O)[C@@H]2CCCC[C@@H]12. The summed E-state index contributed by atoms with van der Waals surface area (Å²) in [6.07, 6.45) is 4.08. The molecule has 1 aromatic carbocycles. The number of benzene rings is 1. The predicted molar refractivity (Wildman–Crippen MR) is 77.6 cm³/mol. The molecular formula is C16H18O3S. The molecule has 1 saturated carbocycles. The average molecular weight is 290 g/mol. The lowest BCUT2D eigenvalue weighted by atomic mass is 9.76. The van der Waals surface area contributed by atoms with Crippen LogP contribution in [-0.2, 0) is 9.53 Å². The Kier molecular flexibility index (Phi) is 3.83. The summed E-state index contributed by atoms with van der Waals surface area (Å²) >= 11 is 1.53. The molecule has 1 aliphatic heterocycles. The van der Waals surface area contributed by atoms with E-state index in [2.05, 4.69) is 0 Å². The van der Waals surface area contributed by atoms with Gasteiger partial charge in [0.2, 0.25) is 0 Å². The van der Waals surface area contributed by atoms with Gasteiger partial charge in [0.05, 0.1) is 0 Å². The second kappa shape index (κ2) is 5.60. The molecule has 1 fully saturated rings. The van der Waals surface area contributed by atoms with Crippen LogP contribution in [0.2, 0.25) is 0 Å². The molecule has 0 saturated heterocycles. The lowest BCUT2D eigenvalue weighted by molar-refractivity contribution is -0.145. The Bertz CT molecular complexity index is 540. The molecular weight excluding hydrogens is 272 g/mol. The van der Waals surface area contributed by atoms with Crippen molar-refractivity contribution in [1.29, 1.82) is 0 Å². The van der Waals surface area contributed by atoms with Gasteiger partial charge >= 0.3 is 5.97 Å². The van der Waals surface area contributed by atoms with Gasteiger partial charge in [0, 0.05) is 29.2 Å². The predicted octanol–water partition coefficient (Wildman–Crippen LogP) is 3.67. The number of hydrogen-bond donors (Lipinski definition) is 0. The van der Waals surface area contributed by atoms with Crippen molar-refractivity contribution in [2.75, 3.05) is 0 Å². The molecule has 3 nitrogen and oxygen atoms in total. The van der Waals surface area contributed by atoms with E-state index >= 15 is 0 Å². The molecule has 106 valence electrons. The first-order chi connectivity index (χ1) is 9.66. The summed E-state index contributed by atoms with van der Waals surface area (Å²) in [5.41, 5.74) is 0.564. The maximum Gasteiger partial charge on any atom is 0.303 e. The smallest absolute Gasteiger partial charge is 0.303 e. The number of ether oxygens (including phenoxy) is 1. The van der Waals surface area contributed by atoms with E-state index in [0.717, 1.165) is 36.1 Å². The van der Waals surface area contributed by atoms with Crippen LogP contribution in [0.25, 0.3) is 0 Å². The molecule has 3 rings (SSSR count).